The van der Waals surface area contributed by atoms with E-state index in [9.17, 15) is 9.59 Å². The number of carbonyl (C=O) groups excluding carboxylic acids is 2. The molecule has 0 spiro atoms. The predicted octanol–water partition coefficient (Wildman–Crippen LogP) is 4.57. The van der Waals surface area contributed by atoms with Crippen LogP contribution in [0.25, 0.3) is 10.9 Å². The Morgan fingerprint density at radius 1 is 1.21 bits per heavy atom. The number of thiocarbonyl (C=S) groups is 1. The van der Waals surface area contributed by atoms with Gasteiger partial charge in [-0.25, -0.2) is 5.01 Å². The third kappa shape index (κ3) is 4.13. The molecule has 2 aliphatic rings. The summed E-state index contributed by atoms with van der Waals surface area (Å²) in [5.74, 6) is -0.380. The van der Waals surface area contributed by atoms with Crippen LogP contribution in [0.4, 0.5) is 0 Å². The van der Waals surface area contributed by atoms with E-state index in [2.05, 4.69) is 21.0 Å². The Balaban J connectivity index is 1.48. The van der Waals surface area contributed by atoms with Gasteiger partial charge in [0.15, 0.2) is 5.11 Å². The van der Waals surface area contributed by atoms with E-state index in [0.717, 1.165) is 22.0 Å². The van der Waals surface area contributed by atoms with Gasteiger partial charge in [0.05, 0.1) is 27.4 Å². The van der Waals surface area contributed by atoms with Gasteiger partial charge in [-0.05, 0) is 42.9 Å². The monoisotopic (exact) mass is 531 g/mol. The number of fused-ring (bicyclic) bond motifs is 1. The predicted molar refractivity (Wildman–Crippen MR) is 139 cm³/mol. The van der Waals surface area contributed by atoms with E-state index in [1.165, 1.54) is 16.8 Å². The molecule has 2 aromatic carbocycles. The molecule has 11 heteroatoms. The first kappa shape index (κ1) is 23.0. The molecule has 0 aliphatic carbocycles. The van der Waals surface area contributed by atoms with Gasteiger partial charge >= 0.3 is 0 Å². The van der Waals surface area contributed by atoms with Crippen LogP contribution in [0.2, 0.25) is 10.0 Å². The van der Waals surface area contributed by atoms with E-state index in [-0.39, 0.29) is 11.7 Å². The van der Waals surface area contributed by atoms with E-state index in [4.69, 9.17) is 35.4 Å². The normalized spacial score (nSPS) is 20.5. The summed E-state index contributed by atoms with van der Waals surface area (Å²) in [5.41, 5.74) is 6.48. The maximum atomic E-state index is 13.6. The van der Waals surface area contributed by atoms with Crippen molar-refractivity contribution in [1.82, 2.24) is 26.1 Å². The Labute approximate surface area is 215 Å². The molecule has 0 saturated carbocycles. The third-order valence-corrected chi connectivity index (χ3v) is 7.94. The summed E-state index contributed by atoms with van der Waals surface area (Å²) < 4.78 is 0. The molecule has 34 heavy (non-hydrogen) atoms. The van der Waals surface area contributed by atoms with E-state index >= 15 is 0 Å². The van der Waals surface area contributed by atoms with Gasteiger partial charge in [-0.15, -0.1) is 11.8 Å². The van der Waals surface area contributed by atoms with E-state index in [0.29, 0.717) is 26.4 Å². The highest BCUT2D eigenvalue weighted by Crippen LogP contribution is 2.40. The lowest BCUT2D eigenvalue weighted by atomic mass is 9.95. The number of nitrogens with one attached hydrogen (secondary N) is 4. The van der Waals surface area contributed by atoms with Crippen LogP contribution in [0.15, 0.2) is 59.9 Å². The number of hydrogen-bond donors (Lipinski definition) is 4. The molecule has 3 aromatic rings. The van der Waals surface area contributed by atoms with E-state index in [1.54, 1.807) is 25.1 Å². The van der Waals surface area contributed by atoms with Crippen LogP contribution in [0.5, 0.6) is 0 Å². The van der Waals surface area contributed by atoms with Crippen LogP contribution in [-0.4, -0.2) is 32.7 Å². The smallest absolute Gasteiger partial charge is 0.270 e. The van der Waals surface area contributed by atoms with Crippen LogP contribution in [0, 0.1) is 0 Å². The zero-order chi connectivity index (χ0) is 24.0. The quantitative estimate of drug-likeness (QED) is 0.368. The number of aromatic amines is 1. The number of para-hydroxylation sites is 1. The Morgan fingerprint density at radius 2 is 2.00 bits per heavy atom. The summed E-state index contributed by atoms with van der Waals surface area (Å²) in [6.45, 7) is 1.79. The number of benzene rings is 2. The van der Waals surface area contributed by atoms with Crippen molar-refractivity contribution < 1.29 is 9.59 Å². The van der Waals surface area contributed by atoms with Crippen molar-refractivity contribution in [2.75, 3.05) is 5.75 Å². The van der Waals surface area contributed by atoms with Crippen molar-refractivity contribution in [3.8, 4) is 0 Å². The third-order valence-electron chi connectivity index (χ3n) is 5.76. The summed E-state index contributed by atoms with van der Waals surface area (Å²) in [6, 6.07) is 12.5. The van der Waals surface area contributed by atoms with E-state index in [1.807, 2.05) is 30.5 Å². The summed E-state index contributed by atoms with van der Waals surface area (Å²) >= 11 is 19.0. The van der Waals surface area contributed by atoms with Gasteiger partial charge in [-0.2, -0.15) is 0 Å². The highest BCUT2D eigenvalue weighted by atomic mass is 35.5. The molecule has 2 atom stereocenters. The van der Waals surface area contributed by atoms with Crippen LogP contribution >= 0.6 is 47.2 Å². The molecule has 3 heterocycles. The number of H-pyrrole nitrogens is 1. The topological polar surface area (TPSA) is 89.3 Å². The molecule has 5 rings (SSSR count). The molecule has 7 nitrogen and oxygen atoms in total. The molecule has 1 aromatic heterocycles. The Bertz CT molecular complexity index is 1370. The zero-order valence-electron chi connectivity index (χ0n) is 17.8. The summed E-state index contributed by atoms with van der Waals surface area (Å²) in [6.07, 6.45) is 1.87. The highest BCUT2D eigenvalue weighted by Gasteiger charge is 2.38. The lowest BCUT2D eigenvalue weighted by Gasteiger charge is -2.32. The molecular formula is C23H19Cl2N5O2S2. The second-order valence-corrected chi connectivity index (χ2v) is 10.2. The van der Waals surface area contributed by atoms with Crippen molar-refractivity contribution >= 4 is 75.0 Å². The Morgan fingerprint density at radius 3 is 2.79 bits per heavy atom. The minimum Gasteiger partial charge on any atom is -0.361 e. The zero-order valence-corrected chi connectivity index (χ0v) is 21.0. The van der Waals surface area contributed by atoms with Gasteiger partial charge in [0.25, 0.3) is 11.8 Å². The largest absolute Gasteiger partial charge is 0.361 e. The van der Waals surface area contributed by atoms with E-state index < -0.39 is 17.3 Å². The van der Waals surface area contributed by atoms with Gasteiger partial charge in [0, 0.05) is 28.4 Å². The first-order valence-electron chi connectivity index (χ1n) is 10.4. The van der Waals surface area contributed by atoms with Gasteiger partial charge in [0.2, 0.25) is 0 Å². The fraction of sp³-hybridized carbons (Fsp3) is 0.174. The van der Waals surface area contributed by atoms with Crippen molar-refractivity contribution in [3.05, 3.63) is 81.1 Å². The fourth-order valence-corrected chi connectivity index (χ4v) is 5.86. The fourth-order valence-electron chi connectivity index (χ4n) is 4.19. The van der Waals surface area contributed by atoms with Crippen molar-refractivity contribution in [2.45, 2.75) is 18.3 Å². The number of hydrogen-bond acceptors (Lipinski definition) is 4. The Kier molecular flexibility index (Phi) is 6.20. The highest BCUT2D eigenvalue weighted by molar-refractivity contribution is 8.00. The van der Waals surface area contributed by atoms with Crippen molar-refractivity contribution in [1.29, 1.82) is 0 Å². The first-order valence-corrected chi connectivity index (χ1v) is 12.6. The minimum absolute atomic E-state index is 0.205. The van der Waals surface area contributed by atoms with Gasteiger partial charge in [-0.3, -0.25) is 15.0 Å². The molecule has 2 aliphatic heterocycles. The number of carbonyl (C=O) groups is 2. The lowest BCUT2D eigenvalue weighted by molar-refractivity contribution is -0.138. The maximum absolute atomic E-state index is 13.6. The van der Waals surface area contributed by atoms with Crippen LogP contribution in [0.3, 0.4) is 0 Å². The number of amides is 2. The van der Waals surface area contributed by atoms with Crippen LogP contribution in [-0.2, 0) is 9.59 Å². The lowest BCUT2D eigenvalue weighted by Crippen LogP contribution is -2.50. The second kappa shape index (κ2) is 9.14. The van der Waals surface area contributed by atoms with Gasteiger partial charge in [0.1, 0.15) is 5.37 Å². The summed E-state index contributed by atoms with van der Waals surface area (Å²) in [7, 11) is 0. The number of hydrazine groups is 1. The molecule has 4 N–H and O–H groups in total. The Hall–Kier alpha value is -2.72. The average Bonchev–Trinajstić information content (AvgIpc) is 3.39. The SMILES string of the molecule is CC1=C(C(=O)NN2C(=O)CSC2c2ccc(Cl)c(Cl)c2)C(c2c[nH]c3ccccc23)NC(=S)N1. The molecule has 2 amide bonds. The number of allylic oxidation sites excluding steroid dienone is 1. The summed E-state index contributed by atoms with van der Waals surface area (Å²) in [5, 5.41) is 9.37. The number of aromatic nitrogens is 1. The van der Waals surface area contributed by atoms with Gasteiger partial charge in [-0.1, -0.05) is 47.5 Å². The maximum Gasteiger partial charge on any atom is 0.270 e. The molecular weight excluding hydrogens is 513 g/mol. The molecule has 0 radical (unpaired) electrons. The number of halogens is 2. The number of nitrogens with zero attached hydrogens (tertiary/aromatic N) is 1. The summed E-state index contributed by atoms with van der Waals surface area (Å²) in [4.78, 5) is 29.6. The second-order valence-electron chi connectivity index (χ2n) is 7.90. The molecule has 1 fully saturated rings. The molecule has 0 bridgehead atoms. The van der Waals surface area contributed by atoms with Crippen LogP contribution < -0.4 is 16.1 Å². The van der Waals surface area contributed by atoms with Crippen molar-refractivity contribution in [3.63, 3.8) is 0 Å². The minimum atomic E-state index is -0.501. The molecule has 1 saturated heterocycles. The standard InChI is InChI=1S/C23H19Cl2N5O2S2/c1-11-19(20(28-23(33)27-11)14-9-26-17-5-3-2-4-13(14)17)21(32)29-30-18(31)10-34-22(30)12-6-7-15(24)16(25)8-12/h2-9,20,22,26H,10H2,1H3,(H,29,32)(H2,27,28,33). The molecule has 174 valence electrons. The van der Waals surface area contributed by atoms with Crippen LogP contribution in [0.1, 0.15) is 29.5 Å². The first-order chi connectivity index (χ1) is 16.3. The van der Waals surface area contributed by atoms with Gasteiger partial charge < -0.3 is 15.6 Å². The molecule has 2 unspecified atom stereocenters. The van der Waals surface area contributed by atoms with Crippen molar-refractivity contribution in [2.24, 2.45) is 0 Å². The number of thioether (sulfide) groups is 1. The number of rotatable bonds is 4. The average molecular weight is 532 g/mol.